The molecule has 12 nitrogen and oxygen atoms in total. The van der Waals surface area contributed by atoms with Gasteiger partial charge in [0.1, 0.15) is 12.6 Å². The largest absolute Gasteiger partial charge is 0.480 e. The Morgan fingerprint density at radius 3 is 2.64 bits per heavy atom. The van der Waals surface area contributed by atoms with Crippen molar-refractivity contribution in [3.05, 3.63) is 28.5 Å². The summed E-state index contributed by atoms with van der Waals surface area (Å²) in [4.78, 5) is 46.4. The maximum Gasteiger partial charge on any atom is 0.413 e. The Labute approximate surface area is 121 Å². The van der Waals surface area contributed by atoms with Gasteiger partial charge in [0.2, 0.25) is 0 Å². The van der Waals surface area contributed by atoms with Crippen LogP contribution in [0, 0.1) is 0 Å². The number of hydrogen-bond acceptors (Lipinski definition) is 7. The first-order valence-electron chi connectivity index (χ1n) is 5.65. The van der Waals surface area contributed by atoms with Gasteiger partial charge in [-0.05, 0) is 0 Å². The third kappa shape index (κ3) is 4.96. The van der Waals surface area contributed by atoms with E-state index in [9.17, 15) is 14.4 Å². The lowest BCUT2D eigenvalue weighted by atomic mass is 10.3. The van der Waals surface area contributed by atoms with E-state index in [0.29, 0.717) is 17.4 Å². The van der Waals surface area contributed by atoms with Crippen LogP contribution in [-0.4, -0.2) is 60.6 Å². The number of aliphatic carboxylic acids is 1. The maximum atomic E-state index is 10.9. The Balaban J connectivity index is 0.000000222. The molecule has 2 aromatic heterocycles. The van der Waals surface area contributed by atoms with Crippen LogP contribution in [0.1, 0.15) is 0 Å². The summed E-state index contributed by atoms with van der Waals surface area (Å²) in [5.74, 6) is -2.22. The Bertz CT molecular complexity index is 760. The van der Waals surface area contributed by atoms with Gasteiger partial charge in [0.25, 0.3) is 5.56 Å². The number of rotatable bonds is 4. The van der Waals surface area contributed by atoms with E-state index in [1.807, 2.05) is 0 Å². The number of carbonyl (C=O) groups excluding carboxylic acids is 1. The SMILES string of the molecule is O=c1[nH]cnc2nc[nH]c12.[N-]=[N+]=CC(=O)OC[C@H](N)C(=O)O. The van der Waals surface area contributed by atoms with Gasteiger partial charge in [0.15, 0.2) is 11.2 Å². The van der Waals surface area contributed by atoms with Gasteiger partial charge >= 0.3 is 18.2 Å². The predicted octanol–water partition coefficient (Wildman–Crippen LogP) is -2.11. The van der Waals surface area contributed by atoms with Gasteiger partial charge in [-0.25, -0.2) is 14.8 Å². The highest BCUT2D eigenvalue weighted by Gasteiger charge is 2.14. The first-order chi connectivity index (χ1) is 10.5. The van der Waals surface area contributed by atoms with Gasteiger partial charge in [0, 0.05) is 0 Å². The number of carboxylic acid groups (broad SMARTS) is 1. The van der Waals surface area contributed by atoms with Gasteiger partial charge in [-0.1, -0.05) is 0 Å². The van der Waals surface area contributed by atoms with Gasteiger partial charge in [-0.3, -0.25) is 9.59 Å². The highest BCUT2D eigenvalue weighted by Crippen LogP contribution is 1.94. The van der Waals surface area contributed by atoms with Crippen molar-refractivity contribution in [2.24, 2.45) is 5.73 Å². The average molecular weight is 309 g/mol. The van der Waals surface area contributed by atoms with E-state index in [4.69, 9.17) is 16.4 Å². The molecule has 0 amide bonds. The van der Waals surface area contributed by atoms with Gasteiger partial charge in [-0.15, -0.1) is 0 Å². The van der Waals surface area contributed by atoms with Crippen LogP contribution in [0.3, 0.4) is 0 Å². The van der Waals surface area contributed by atoms with Gasteiger partial charge in [-0.2, -0.15) is 4.79 Å². The molecule has 5 N–H and O–H groups in total. The monoisotopic (exact) mass is 309 g/mol. The van der Waals surface area contributed by atoms with E-state index < -0.39 is 24.6 Å². The predicted molar refractivity (Wildman–Crippen MR) is 70.8 cm³/mol. The molecule has 0 aliphatic carbocycles. The molecule has 0 saturated heterocycles. The summed E-state index contributed by atoms with van der Waals surface area (Å²) in [6, 6.07) is -1.26. The molecule has 116 valence electrons. The molecule has 0 radical (unpaired) electrons. The van der Waals surface area contributed by atoms with E-state index in [0.717, 1.165) is 0 Å². The number of fused-ring (bicyclic) bond motifs is 1. The minimum atomic E-state index is -1.27. The minimum Gasteiger partial charge on any atom is -0.480 e. The molecule has 0 saturated carbocycles. The lowest BCUT2D eigenvalue weighted by Gasteiger charge is -2.03. The molecule has 12 heteroatoms. The Morgan fingerprint density at radius 1 is 1.45 bits per heavy atom. The number of nitrogens with one attached hydrogen (secondary N) is 2. The van der Waals surface area contributed by atoms with E-state index in [2.05, 4.69) is 29.5 Å². The number of nitrogens with two attached hydrogens (primary N) is 1. The van der Waals surface area contributed by atoms with E-state index >= 15 is 0 Å². The Kier molecular flexibility index (Phi) is 6.10. The molecule has 0 bridgehead atoms. The van der Waals surface area contributed by atoms with Crippen LogP contribution in [0.5, 0.6) is 0 Å². The molecule has 22 heavy (non-hydrogen) atoms. The molecule has 0 aromatic carbocycles. The summed E-state index contributed by atoms with van der Waals surface area (Å²) in [6.45, 7) is -0.458. The van der Waals surface area contributed by atoms with Gasteiger partial charge < -0.3 is 31.1 Å². The molecule has 0 aliphatic heterocycles. The van der Waals surface area contributed by atoms with Crippen molar-refractivity contribution < 1.29 is 24.2 Å². The maximum absolute atomic E-state index is 10.9. The average Bonchev–Trinajstić information content (AvgIpc) is 2.95. The quantitative estimate of drug-likeness (QED) is 0.212. The summed E-state index contributed by atoms with van der Waals surface area (Å²) in [5.41, 5.74) is 13.5. The van der Waals surface area contributed by atoms with Crippen molar-refractivity contribution in [3.63, 3.8) is 0 Å². The summed E-state index contributed by atoms with van der Waals surface area (Å²) < 4.78 is 4.25. The standard InChI is InChI=1S/C5H4N4O.C5H7N3O4/c10-5-3-4(7-1-6-3)8-2-9-5;6-3(5(10)11)2-12-4(9)1-8-7/h1-2H,(H2,6,7,8,9,10);1,3H,2,6H2,(H,10,11)/t;3-/m.0/s1. The third-order valence-corrected chi connectivity index (χ3v) is 2.11. The second-order valence-corrected chi connectivity index (χ2v) is 3.65. The molecule has 0 unspecified atom stereocenters. The first kappa shape index (κ1) is 16.7. The summed E-state index contributed by atoms with van der Waals surface area (Å²) in [6.07, 6.45) is 3.26. The van der Waals surface area contributed by atoms with Gasteiger partial charge in [0.05, 0.1) is 12.7 Å². The number of aromatic nitrogens is 4. The van der Waals surface area contributed by atoms with Crippen molar-refractivity contribution in [2.45, 2.75) is 6.04 Å². The minimum absolute atomic E-state index is 0.192. The van der Waals surface area contributed by atoms with E-state index in [1.165, 1.54) is 12.7 Å². The molecule has 2 rings (SSSR count). The second-order valence-electron chi connectivity index (χ2n) is 3.65. The van der Waals surface area contributed by atoms with E-state index in [1.54, 1.807) is 0 Å². The molecular weight excluding hydrogens is 298 g/mol. The van der Waals surface area contributed by atoms with Crippen LogP contribution in [0.15, 0.2) is 17.4 Å². The number of nitrogens with zero attached hydrogens (tertiary/aromatic N) is 4. The third-order valence-electron chi connectivity index (χ3n) is 2.11. The lowest BCUT2D eigenvalue weighted by Crippen LogP contribution is -2.35. The van der Waals surface area contributed by atoms with Crippen LogP contribution < -0.4 is 11.3 Å². The molecule has 1 atom stereocenters. The van der Waals surface area contributed by atoms with Crippen molar-refractivity contribution in [1.82, 2.24) is 19.9 Å². The molecule has 0 spiro atoms. The number of carboxylic acids is 1. The topological polar surface area (TPSA) is 200 Å². The molecular formula is C10H11N7O5. The first-order valence-corrected chi connectivity index (χ1v) is 5.65. The molecule has 2 heterocycles. The van der Waals surface area contributed by atoms with Crippen LogP contribution >= 0.6 is 0 Å². The summed E-state index contributed by atoms with van der Waals surface area (Å²) >= 11 is 0. The smallest absolute Gasteiger partial charge is 0.413 e. The number of aromatic amines is 2. The fourth-order valence-corrected chi connectivity index (χ4v) is 1.10. The normalized spacial score (nSPS) is 10.8. The fraction of sp³-hybridized carbons (Fsp3) is 0.200. The summed E-state index contributed by atoms with van der Waals surface area (Å²) in [7, 11) is 0. The van der Waals surface area contributed by atoms with Crippen molar-refractivity contribution in [3.8, 4) is 0 Å². The van der Waals surface area contributed by atoms with Crippen molar-refractivity contribution >= 4 is 29.3 Å². The Hall–Kier alpha value is -3.37. The zero-order valence-electron chi connectivity index (χ0n) is 11.0. The number of H-pyrrole nitrogens is 2. The van der Waals surface area contributed by atoms with E-state index in [-0.39, 0.29) is 5.56 Å². The summed E-state index contributed by atoms with van der Waals surface area (Å²) in [5, 5.41) is 8.23. The van der Waals surface area contributed by atoms with Crippen LogP contribution in [0.4, 0.5) is 0 Å². The van der Waals surface area contributed by atoms with Crippen molar-refractivity contribution in [2.75, 3.05) is 6.61 Å². The number of ether oxygens (including phenoxy) is 1. The van der Waals surface area contributed by atoms with Crippen LogP contribution in [0.2, 0.25) is 0 Å². The number of hydrogen-bond donors (Lipinski definition) is 4. The van der Waals surface area contributed by atoms with Crippen molar-refractivity contribution in [1.29, 1.82) is 0 Å². The Morgan fingerprint density at radius 2 is 2.09 bits per heavy atom. The highest BCUT2D eigenvalue weighted by atomic mass is 16.5. The number of carbonyl (C=O) groups is 2. The van der Waals surface area contributed by atoms with Crippen LogP contribution in [-0.2, 0) is 14.3 Å². The number of esters is 1. The molecule has 0 aliphatic rings. The second kappa shape index (κ2) is 8.04. The lowest BCUT2D eigenvalue weighted by molar-refractivity contribution is -0.144. The van der Waals surface area contributed by atoms with Crippen LogP contribution in [0.25, 0.3) is 16.7 Å². The highest BCUT2D eigenvalue weighted by molar-refractivity contribution is 6.20. The number of imidazole rings is 1. The zero-order valence-corrected chi connectivity index (χ0v) is 11.0. The molecule has 2 aromatic rings. The fourth-order valence-electron chi connectivity index (χ4n) is 1.10. The zero-order chi connectivity index (χ0) is 16.5. The molecule has 0 fully saturated rings.